The minimum Gasteiger partial charge on any atom is -0.493 e. The lowest BCUT2D eigenvalue weighted by Gasteiger charge is -2.17. The average Bonchev–Trinajstić information content (AvgIpc) is 2.65. The molecular weight excluding hydrogens is 373 g/mol. The number of anilines is 2. The minimum absolute atomic E-state index is 0.356. The molecule has 3 aromatic rings. The second-order valence-electron chi connectivity index (χ2n) is 6.08. The molecule has 0 saturated carbocycles. The molecule has 0 radical (unpaired) electrons. The number of nitrogens with zero attached hydrogens (tertiary/aromatic N) is 1. The van der Waals surface area contributed by atoms with E-state index in [2.05, 4.69) is 10.3 Å². The Morgan fingerprint density at radius 3 is 2.07 bits per heavy atom. The molecule has 0 fully saturated rings. The Balaban J connectivity index is 2.14. The van der Waals surface area contributed by atoms with Crippen molar-refractivity contribution < 1.29 is 27.4 Å². The minimum atomic E-state index is -4.44. The molecule has 0 aliphatic rings. The Morgan fingerprint density at radius 1 is 0.893 bits per heavy atom. The van der Waals surface area contributed by atoms with Crippen molar-refractivity contribution in [2.24, 2.45) is 0 Å². The smallest absolute Gasteiger partial charge is 0.416 e. The van der Waals surface area contributed by atoms with E-state index >= 15 is 0 Å². The van der Waals surface area contributed by atoms with Crippen LogP contribution in [0.4, 0.5) is 24.5 Å². The molecule has 0 aliphatic carbocycles. The van der Waals surface area contributed by atoms with Crippen molar-refractivity contribution >= 4 is 22.3 Å². The van der Waals surface area contributed by atoms with Crippen LogP contribution >= 0.6 is 0 Å². The van der Waals surface area contributed by atoms with Crippen LogP contribution in [0.2, 0.25) is 0 Å². The molecule has 3 rings (SSSR count). The number of ether oxygens (including phenoxy) is 3. The molecule has 2 aromatic carbocycles. The number of aryl methyl sites for hydroxylation is 1. The van der Waals surface area contributed by atoms with E-state index in [1.54, 1.807) is 25.1 Å². The summed E-state index contributed by atoms with van der Waals surface area (Å²) in [6.07, 6.45) is -4.44. The third kappa shape index (κ3) is 3.76. The maximum Gasteiger partial charge on any atom is 0.416 e. The summed E-state index contributed by atoms with van der Waals surface area (Å²) >= 11 is 0. The van der Waals surface area contributed by atoms with Crippen LogP contribution in [0.25, 0.3) is 10.9 Å². The molecule has 1 N–H and O–H groups in total. The van der Waals surface area contributed by atoms with Crippen LogP contribution < -0.4 is 19.5 Å². The summed E-state index contributed by atoms with van der Waals surface area (Å²) in [5, 5.41) is 3.50. The second-order valence-corrected chi connectivity index (χ2v) is 6.08. The Bertz CT molecular complexity index is 994. The van der Waals surface area contributed by atoms with Crippen molar-refractivity contribution in [2.45, 2.75) is 13.1 Å². The van der Waals surface area contributed by atoms with E-state index in [4.69, 9.17) is 14.2 Å². The summed E-state index contributed by atoms with van der Waals surface area (Å²) < 4.78 is 55.4. The number of nitrogens with one attached hydrogen (secondary N) is 1. The number of hydrogen-bond acceptors (Lipinski definition) is 5. The number of alkyl halides is 3. The van der Waals surface area contributed by atoms with E-state index in [9.17, 15) is 13.2 Å². The molecule has 28 heavy (non-hydrogen) atoms. The first-order valence-corrected chi connectivity index (χ1v) is 8.32. The van der Waals surface area contributed by atoms with Crippen molar-refractivity contribution in [2.75, 3.05) is 26.6 Å². The number of aromatic nitrogens is 1. The second kappa shape index (κ2) is 7.46. The number of methoxy groups -OCH3 is 3. The van der Waals surface area contributed by atoms with Crippen LogP contribution in [0.3, 0.4) is 0 Å². The van der Waals surface area contributed by atoms with Crippen LogP contribution in [-0.4, -0.2) is 26.3 Å². The van der Waals surface area contributed by atoms with Gasteiger partial charge in [0.05, 0.1) is 32.4 Å². The highest BCUT2D eigenvalue weighted by atomic mass is 19.4. The first-order chi connectivity index (χ1) is 13.3. The molecule has 5 nitrogen and oxygen atoms in total. The lowest BCUT2D eigenvalue weighted by Crippen LogP contribution is -2.05. The van der Waals surface area contributed by atoms with E-state index in [1.165, 1.54) is 27.4 Å². The first-order valence-electron chi connectivity index (χ1n) is 8.32. The Kier molecular flexibility index (Phi) is 5.22. The van der Waals surface area contributed by atoms with Gasteiger partial charge < -0.3 is 19.5 Å². The molecule has 8 heteroatoms. The van der Waals surface area contributed by atoms with Crippen molar-refractivity contribution in [3.05, 3.63) is 47.7 Å². The SMILES string of the molecule is COc1cc(Nc2cc(C)nc3ccc(C(F)(F)F)cc23)cc(OC)c1OC. The predicted molar refractivity (Wildman–Crippen MR) is 101 cm³/mol. The molecule has 0 spiro atoms. The summed E-state index contributed by atoms with van der Waals surface area (Å²) in [6.45, 7) is 1.78. The highest BCUT2D eigenvalue weighted by Gasteiger charge is 2.30. The number of benzene rings is 2. The molecule has 148 valence electrons. The predicted octanol–water partition coefficient (Wildman–Crippen LogP) is 5.33. The number of hydrogen-bond donors (Lipinski definition) is 1. The third-order valence-corrected chi connectivity index (χ3v) is 4.21. The summed E-state index contributed by atoms with van der Waals surface area (Å²) in [7, 11) is 4.47. The lowest BCUT2D eigenvalue weighted by atomic mass is 10.1. The number of halogens is 3. The fraction of sp³-hybridized carbons (Fsp3) is 0.250. The normalized spacial score (nSPS) is 11.4. The number of fused-ring (bicyclic) bond motifs is 1. The van der Waals surface area contributed by atoms with Gasteiger partial charge in [0.1, 0.15) is 0 Å². The molecular formula is C20H19F3N2O3. The van der Waals surface area contributed by atoms with E-state index in [0.29, 0.717) is 45.2 Å². The topological polar surface area (TPSA) is 52.6 Å². The fourth-order valence-corrected chi connectivity index (χ4v) is 2.95. The van der Waals surface area contributed by atoms with Gasteiger partial charge in [-0.1, -0.05) is 0 Å². The van der Waals surface area contributed by atoms with Crippen molar-refractivity contribution in [3.63, 3.8) is 0 Å². The van der Waals surface area contributed by atoms with Gasteiger partial charge in [0.25, 0.3) is 0 Å². The molecule has 1 heterocycles. The zero-order chi connectivity index (χ0) is 20.5. The van der Waals surface area contributed by atoms with E-state index in [-0.39, 0.29) is 0 Å². The maximum atomic E-state index is 13.1. The fourth-order valence-electron chi connectivity index (χ4n) is 2.95. The Morgan fingerprint density at radius 2 is 1.54 bits per heavy atom. The van der Waals surface area contributed by atoms with Gasteiger partial charge in [0.2, 0.25) is 5.75 Å². The molecule has 0 bridgehead atoms. The van der Waals surface area contributed by atoms with Gasteiger partial charge in [-0.3, -0.25) is 4.98 Å². The van der Waals surface area contributed by atoms with Gasteiger partial charge >= 0.3 is 6.18 Å². The van der Waals surface area contributed by atoms with Gasteiger partial charge in [0.15, 0.2) is 11.5 Å². The molecule has 0 unspecified atom stereocenters. The van der Waals surface area contributed by atoms with Crippen LogP contribution in [0.15, 0.2) is 36.4 Å². The zero-order valence-electron chi connectivity index (χ0n) is 15.8. The van der Waals surface area contributed by atoms with Gasteiger partial charge in [-0.15, -0.1) is 0 Å². The van der Waals surface area contributed by atoms with E-state index in [1.807, 2.05) is 0 Å². The molecule has 0 saturated heterocycles. The van der Waals surface area contributed by atoms with Crippen LogP contribution in [0.5, 0.6) is 17.2 Å². The quantitative estimate of drug-likeness (QED) is 0.636. The highest BCUT2D eigenvalue weighted by Crippen LogP contribution is 2.41. The Hall–Kier alpha value is -3.16. The first kappa shape index (κ1) is 19.6. The largest absolute Gasteiger partial charge is 0.493 e. The summed E-state index contributed by atoms with van der Waals surface area (Å²) in [4.78, 5) is 4.32. The number of rotatable bonds is 5. The lowest BCUT2D eigenvalue weighted by molar-refractivity contribution is -0.137. The van der Waals surface area contributed by atoms with E-state index < -0.39 is 11.7 Å². The van der Waals surface area contributed by atoms with Crippen LogP contribution in [0, 0.1) is 6.92 Å². The van der Waals surface area contributed by atoms with Gasteiger partial charge in [-0.25, -0.2) is 0 Å². The van der Waals surface area contributed by atoms with E-state index in [0.717, 1.165) is 12.1 Å². The van der Waals surface area contributed by atoms with Crippen molar-refractivity contribution in [1.29, 1.82) is 0 Å². The summed E-state index contributed by atoms with van der Waals surface area (Å²) in [6, 6.07) is 8.52. The summed E-state index contributed by atoms with van der Waals surface area (Å²) in [5.74, 6) is 1.27. The molecule has 0 amide bonds. The van der Waals surface area contributed by atoms with Crippen molar-refractivity contribution in [3.8, 4) is 17.2 Å². The maximum absolute atomic E-state index is 13.1. The molecule has 1 aromatic heterocycles. The molecule has 0 aliphatic heterocycles. The number of pyridine rings is 1. The van der Waals surface area contributed by atoms with Gasteiger partial charge in [-0.05, 0) is 31.2 Å². The molecule has 0 atom stereocenters. The zero-order valence-corrected chi connectivity index (χ0v) is 15.8. The van der Waals surface area contributed by atoms with Gasteiger partial charge in [-0.2, -0.15) is 13.2 Å². The van der Waals surface area contributed by atoms with Crippen LogP contribution in [-0.2, 0) is 6.18 Å². The summed E-state index contributed by atoms with van der Waals surface area (Å²) in [5.41, 5.74) is 1.45. The average molecular weight is 392 g/mol. The van der Waals surface area contributed by atoms with Crippen LogP contribution in [0.1, 0.15) is 11.3 Å². The third-order valence-electron chi connectivity index (χ3n) is 4.21. The Labute approximate surface area is 160 Å². The highest BCUT2D eigenvalue weighted by molar-refractivity contribution is 5.94. The standard InChI is InChI=1S/C20H19F3N2O3/c1-11-7-16(14-8-12(20(21,22)23)5-6-15(14)24-11)25-13-9-17(26-2)19(28-4)18(10-13)27-3/h5-10H,1-4H3,(H,24,25). The van der Waals surface area contributed by atoms with Crippen molar-refractivity contribution in [1.82, 2.24) is 4.98 Å². The monoisotopic (exact) mass is 392 g/mol. The van der Waals surface area contributed by atoms with Gasteiger partial charge in [0, 0.05) is 34.6 Å².